The van der Waals surface area contributed by atoms with Crippen molar-refractivity contribution < 1.29 is 19.4 Å². The molecule has 0 saturated carbocycles. The van der Waals surface area contributed by atoms with E-state index in [1.165, 1.54) is 13.4 Å². The van der Waals surface area contributed by atoms with Gasteiger partial charge in [0.25, 0.3) is 0 Å². The molecule has 2 rings (SSSR count). The highest BCUT2D eigenvalue weighted by molar-refractivity contribution is 6.34. The predicted molar refractivity (Wildman–Crippen MR) is 87.2 cm³/mol. The molecule has 0 fully saturated rings. The minimum absolute atomic E-state index is 0.0782. The van der Waals surface area contributed by atoms with Crippen LogP contribution in [0.4, 0.5) is 0 Å². The molecular formula is C16H13Cl2NO4. The fourth-order valence-electron chi connectivity index (χ4n) is 1.86. The van der Waals surface area contributed by atoms with Gasteiger partial charge >= 0.3 is 5.97 Å². The number of aliphatic carboxylic acids is 1. The van der Waals surface area contributed by atoms with E-state index in [1.54, 1.807) is 36.5 Å². The Morgan fingerprint density at radius 1 is 1.30 bits per heavy atom. The van der Waals surface area contributed by atoms with Crippen LogP contribution in [0.2, 0.25) is 10.0 Å². The molecule has 0 aliphatic rings. The predicted octanol–water partition coefficient (Wildman–Crippen LogP) is 4.34. The van der Waals surface area contributed by atoms with Gasteiger partial charge in [-0.2, -0.15) is 0 Å². The van der Waals surface area contributed by atoms with Crippen LogP contribution in [0.3, 0.4) is 0 Å². The van der Waals surface area contributed by atoms with Crippen molar-refractivity contribution in [3.05, 3.63) is 64.0 Å². The molecule has 0 unspecified atom stereocenters. The molecule has 0 amide bonds. The SMILES string of the molecule is CO/C=C(\Cc1cccnc1Oc1cc(Cl)cc(Cl)c1)C(=O)O. The van der Waals surface area contributed by atoms with Gasteiger partial charge in [-0.1, -0.05) is 29.3 Å². The lowest BCUT2D eigenvalue weighted by molar-refractivity contribution is -0.132. The lowest BCUT2D eigenvalue weighted by Gasteiger charge is -2.10. The summed E-state index contributed by atoms with van der Waals surface area (Å²) in [5.41, 5.74) is 0.670. The Bertz CT molecular complexity index is 726. The molecule has 1 aromatic carbocycles. The monoisotopic (exact) mass is 353 g/mol. The number of hydrogen-bond acceptors (Lipinski definition) is 4. The lowest BCUT2D eigenvalue weighted by atomic mass is 10.1. The average Bonchev–Trinajstić information content (AvgIpc) is 2.47. The molecular weight excluding hydrogens is 341 g/mol. The Balaban J connectivity index is 2.30. The van der Waals surface area contributed by atoms with Gasteiger partial charge in [0, 0.05) is 28.2 Å². The highest BCUT2D eigenvalue weighted by atomic mass is 35.5. The maximum atomic E-state index is 11.2. The number of pyridine rings is 1. The second-order valence-electron chi connectivity index (χ2n) is 4.54. The molecule has 0 bridgehead atoms. The zero-order valence-electron chi connectivity index (χ0n) is 12.1. The van der Waals surface area contributed by atoms with Gasteiger partial charge in [0.05, 0.1) is 18.9 Å². The van der Waals surface area contributed by atoms with E-state index >= 15 is 0 Å². The van der Waals surface area contributed by atoms with Crippen LogP contribution in [-0.4, -0.2) is 23.2 Å². The first kappa shape index (κ1) is 17.1. The number of carbonyl (C=O) groups is 1. The van der Waals surface area contributed by atoms with Gasteiger partial charge in [-0.15, -0.1) is 0 Å². The minimum Gasteiger partial charge on any atom is -0.504 e. The number of nitrogens with zero attached hydrogens (tertiary/aromatic N) is 1. The molecule has 23 heavy (non-hydrogen) atoms. The van der Waals surface area contributed by atoms with Crippen LogP contribution in [0.25, 0.3) is 0 Å². The van der Waals surface area contributed by atoms with E-state index in [2.05, 4.69) is 4.98 Å². The Morgan fingerprint density at radius 3 is 2.61 bits per heavy atom. The summed E-state index contributed by atoms with van der Waals surface area (Å²) in [4.78, 5) is 15.3. The summed E-state index contributed by atoms with van der Waals surface area (Å²) < 4.78 is 10.5. The molecule has 2 aromatic rings. The topological polar surface area (TPSA) is 68.7 Å². The van der Waals surface area contributed by atoms with Crippen molar-refractivity contribution >= 4 is 29.2 Å². The van der Waals surface area contributed by atoms with Gasteiger partial charge in [0.15, 0.2) is 0 Å². The largest absolute Gasteiger partial charge is 0.504 e. The van der Waals surface area contributed by atoms with E-state index < -0.39 is 5.97 Å². The summed E-state index contributed by atoms with van der Waals surface area (Å²) >= 11 is 11.9. The normalized spacial score (nSPS) is 11.2. The van der Waals surface area contributed by atoms with E-state index in [9.17, 15) is 9.90 Å². The third-order valence-electron chi connectivity index (χ3n) is 2.82. The standard InChI is InChI=1S/C16H13Cl2NO4/c1-22-9-11(16(20)21)5-10-3-2-4-19-15(10)23-14-7-12(17)6-13(18)8-14/h2-4,6-9H,5H2,1H3,(H,20,21)/b11-9+. The zero-order valence-corrected chi connectivity index (χ0v) is 13.6. The summed E-state index contributed by atoms with van der Waals surface area (Å²) in [5, 5.41) is 10.0. The number of aromatic nitrogens is 1. The van der Waals surface area contributed by atoms with Gasteiger partial charge in [-0.05, 0) is 24.3 Å². The second-order valence-corrected chi connectivity index (χ2v) is 5.41. The zero-order chi connectivity index (χ0) is 16.8. The van der Waals surface area contributed by atoms with Gasteiger partial charge in [0.1, 0.15) is 5.75 Å². The number of methoxy groups -OCH3 is 1. The summed E-state index contributed by atoms with van der Waals surface area (Å²) in [6, 6.07) is 8.18. The van der Waals surface area contributed by atoms with Gasteiger partial charge in [0.2, 0.25) is 5.88 Å². The van der Waals surface area contributed by atoms with Gasteiger partial charge in [-0.25, -0.2) is 9.78 Å². The Hall–Kier alpha value is -2.24. The van der Waals surface area contributed by atoms with Crippen molar-refractivity contribution in [3.63, 3.8) is 0 Å². The molecule has 0 radical (unpaired) electrons. The van der Waals surface area contributed by atoms with Crippen LogP contribution in [0.1, 0.15) is 5.56 Å². The summed E-state index contributed by atoms with van der Waals surface area (Å²) in [7, 11) is 1.39. The molecule has 0 atom stereocenters. The Morgan fingerprint density at radius 2 is 2.00 bits per heavy atom. The number of carboxylic acid groups (broad SMARTS) is 1. The highest BCUT2D eigenvalue weighted by Crippen LogP contribution is 2.29. The van der Waals surface area contributed by atoms with E-state index in [0.717, 1.165) is 0 Å². The first-order valence-electron chi connectivity index (χ1n) is 6.52. The first-order valence-corrected chi connectivity index (χ1v) is 7.28. The van der Waals surface area contributed by atoms with Crippen molar-refractivity contribution in [3.8, 4) is 11.6 Å². The summed E-state index contributed by atoms with van der Waals surface area (Å²) in [5.74, 6) is -0.392. The van der Waals surface area contributed by atoms with Crippen molar-refractivity contribution in [1.82, 2.24) is 4.98 Å². The quantitative estimate of drug-likeness (QED) is 0.617. The van der Waals surface area contributed by atoms with E-state index in [-0.39, 0.29) is 17.9 Å². The molecule has 7 heteroatoms. The third kappa shape index (κ3) is 4.87. The van der Waals surface area contributed by atoms with Crippen LogP contribution in [0, 0.1) is 0 Å². The number of benzene rings is 1. The van der Waals surface area contributed by atoms with Crippen molar-refractivity contribution in [1.29, 1.82) is 0 Å². The van der Waals surface area contributed by atoms with Gasteiger partial charge in [-0.3, -0.25) is 0 Å². The smallest absolute Gasteiger partial charge is 0.335 e. The Kier molecular flexibility index (Phi) is 5.84. The van der Waals surface area contributed by atoms with Gasteiger partial charge < -0.3 is 14.6 Å². The van der Waals surface area contributed by atoms with Crippen LogP contribution in [0.5, 0.6) is 11.6 Å². The van der Waals surface area contributed by atoms with Crippen molar-refractivity contribution in [2.75, 3.05) is 7.11 Å². The fraction of sp³-hybridized carbons (Fsp3) is 0.125. The minimum atomic E-state index is -1.08. The molecule has 5 nitrogen and oxygen atoms in total. The average molecular weight is 354 g/mol. The number of ether oxygens (including phenoxy) is 2. The summed E-state index contributed by atoms with van der Waals surface area (Å²) in [6.45, 7) is 0. The van der Waals surface area contributed by atoms with E-state index in [4.69, 9.17) is 32.7 Å². The lowest BCUT2D eigenvalue weighted by Crippen LogP contribution is -2.06. The van der Waals surface area contributed by atoms with Crippen LogP contribution < -0.4 is 4.74 Å². The molecule has 120 valence electrons. The molecule has 0 spiro atoms. The van der Waals surface area contributed by atoms with Crippen LogP contribution in [0.15, 0.2) is 48.4 Å². The maximum Gasteiger partial charge on any atom is 0.335 e. The number of hydrogen-bond donors (Lipinski definition) is 1. The number of carboxylic acids is 1. The highest BCUT2D eigenvalue weighted by Gasteiger charge is 2.14. The molecule has 0 saturated heterocycles. The third-order valence-corrected chi connectivity index (χ3v) is 3.25. The first-order chi connectivity index (χ1) is 11.0. The second kappa shape index (κ2) is 7.85. The number of halogens is 2. The van der Waals surface area contributed by atoms with Crippen molar-refractivity contribution in [2.45, 2.75) is 6.42 Å². The van der Waals surface area contributed by atoms with Crippen molar-refractivity contribution in [2.24, 2.45) is 0 Å². The molecule has 0 aliphatic carbocycles. The number of rotatable bonds is 6. The van der Waals surface area contributed by atoms with E-state index in [1.807, 2.05) is 0 Å². The molecule has 0 aliphatic heterocycles. The summed E-state index contributed by atoms with van der Waals surface area (Å²) in [6.07, 6.45) is 2.82. The van der Waals surface area contributed by atoms with E-state index in [0.29, 0.717) is 21.4 Å². The maximum absolute atomic E-state index is 11.2. The van der Waals surface area contributed by atoms with Crippen LogP contribution >= 0.6 is 23.2 Å². The molecule has 1 N–H and O–H groups in total. The fourth-order valence-corrected chi connectivity index (χ4v) is 2.37. The van der Waals surface area contributed by atoms with Crippen LogP contribution in [-0.2, 0) is 16.0 Å². The molecule has 1 aromatic heterocycles. The Labute approximate surface area is 143 Å². The molecule has 1 heterocycles.